The number of carbonyl (C=O) groups excluding carboxylic acids is 1. The van der Waals surface area contributed by atoms with Crippen LogP contribution in [0.25, 0.3) is 0 Å². The minimum atomic E-state index is -2.13. The SMILES string of the molecule is CC[Si](CC)(CC)O[C@]1(C)CC[C@H](O[Si](C)(C)C(C)(C)C)CC(=O)O[C@H](/C(C)=C/I)[C@@H](C)/C=C/[C@@H]1O. The first-order chi connectivity index (χ1) is 16.5. The van der Waals surface area contributed by atoms with Crippen LogP contribution in [0.5, 0.6) is 0 Å². The van der Waals surface area contributed by atoms with Gasteiger partial charge in [-0.1, -0.05) is 83.2 Å². The molecule has 0 fully saturated rings. The number of aliphatic hydroxyl groups is 1. The van der Waals surface area contributed by atoms with Crippen LogP contribution in [0.15, 0.2) is 21.8 Å². The molecule has 0 spiro atoms. The number of ether oxygens (including phenoxy) is 1. The quantitative estimate of drug-likeness (QED) is 0.124. The van der Waals surface area contributed by atoms with Crippen molar-refractivity contribution in [2.75, 3.05) is 0 Å². The lowest BCUT2D eigenvalue weighted by atomic mass is 9.89. The molecule has 1 N–H and O–H groups in total. The molecule has 0 saturated heterocycles. The van der Waals surface area contributed by atoms with E-state index in [1.54, 1.807) is 0 Å². The summed E-state index contributed by atoms with van der Waals surface area (Å²) in [6, 6.07) is 3.04. The van der Waals surface area contributed by atoms with Crippen molar-refractivity contribution >= 4 is 45.2 Å². The van der Waals surface area contributed by atoms with Gasteiger partial charge in [0.2, 0.25) is 0 Å². The first-order valence-corrected chi connectivity index (χ1v) is 20.4. The van der Waals surface area contributed by atoms with E-state index in [2.05, 4.69) is 84.2 Å². The molecule has 0 amide bonds. The van der Waals surface area contributed by atoms with Crippen molar-refractivity contribution in [1.82, 2.24) is 0 Å². The Morgan fingerprint density at radius 1 is 1.22 bits per heavy atom. The zero-order valence-corrected chi connectivity index (χ0v) is 28.9. The fourth-order valence-corrected chi connectivity index (χ4v) is 9.49. The molecule has 8 heteroatoms. The van der Waals surface area contributed by atoms with E-state index in [-0.39, 0.29) is 35.6 Å². The van der Waals surface area contributed by atoms with Gasteiger partial charge in [-0.25, -0.2) is 0 Å². The highest BCUT2D eigenvalue weighted by Gasteiger charge is 2.44. The van der Waals surface area contributed by atoms with E-state index in [1.807, 2.05) is 30.1 Å². The molecular weight excluding hydrogens is 599 g/mol. The van der Waals surface area contributed by atoms with Crippen LogP contribution in [0.4, 0.5) is 0 Å². The molecule has 5 atom stereocenters. The van der Waals surface area contributed by atoms with Gasteiger partial charge >= 0.3 is 5.97 Å². The molecule has 210 valence electrons. The number of cyclic esters (lactones) is 1. The maximum atomic E-state index is 13.2. The minimum absolute atomic E-state index is 0.0228. The smallest absolute Gasteiger partial charge is 0.308 e. The molecule has 1 aliphatic heterocycles. The minimum Gasteiger partial charge on any atom is -0.457 e. The van der Waals surface area contributed by atoms with Gasteiger partial charge in [0.25, 0.3) is 0 Å². The third-order valence-electron chi connectivity index (χ3n) is 8.59. The van der Waals surface area contributed by atoms with Gasteiger partial charge in [0.05, 0.1) is 24.2 Å². The third kappa shape index (κ3) is 9.04. The maximum absolute atomic E-state index is 13.2. The molecule has 0 saturated carbocycles. The van der Waals surface area contributed by atoms with E-state index in [4.69, 9.17) is 13.6 Å². The zero-order valence-electron chi connectivity index (χ0n) is 24.7. The van der Waals surface area contributed by atoms with Crippen molar-refractivity contribution in [2.24, 2.45) is 5.92 Å². The van der Waals surface area contributed by atoms with Crippen molar-refractivity contribution in [2.45, 2.75) is 142 Å². The Morgan fingerprint density at radius 3 is 2.25 bits per heavy atom. The molecule has 1 rings (SSSR count). The van der Waals surface area contributed by atoms with Gasteiger partial charge in [0.1, 0.15) is 6.10 Å². The lowest BCUT2D eigenvalue weighted by Crippen LogP contribution is -2.52. The Morgan fingerprint density at radius 2 is 1.78 bits per heavy atom. The normalized spacial score (nSPS) is 30.8. The Kier molecular flexibility index (Phi) is 13.1. The van der Waals surface area contributed by atoms with Gasteiger partial charge in [-0.05, 0) is 72.6 Å². The summed E-state index contributed by atoms with van der Waals surface area (Å²) in [5.41, 5.74) is 0.245. The Hall–Kier alpha value is -0.00623. The zero-order chi connectivity index (χ0) is 27.9. The largest absolute Gasteiger partial charge is 0.457 e. The van der Waals surface area contributed by atoms with Crippen LogP contribution >= 0.6 is 22.6 Å². The predicted molar refractivity (Wildman–Crippen MR) is 165 cm³/mol. The number of hydrogen-bond donors (Lipinski definition) is 1. The average Bonchev–Trinajstić information content (AvgIpc) is 2.80. The van der Waals surface area contributed by atoms with E-state index < -0.39 is 28.3 Å². The molecule has 0 aromatic carbocycles. The molecule has 0 aromatic rings. The van der Waals surface area contributed by atoms with E-state index in [0.29, 0.717) is 12.8 Å². The topological polar surface area (TPSA) is 65.0 Å². The summed E-state index contributed by atoms with van der Waals surface area (Å²) in [5, 5.41) is 11.5. The van der Waals surface area contributed by atoms with Gasteiger partial charge in [0, 0.05) is 5.92 Å². The molecular formula is C28H53IO5Si2. The van der Waals surface area contributed by atoms with Crippen LogP contribution in [-0.4, -0.2) is 51.6 Å². The molecule has 1 heterocycles. The van der Waals surface area contributed by atoms with Gasteiger partial charge in [0.15, 0.2) is 16.6 Å². The molecule has 0 unspecified atom stereocenters. The monoisotopic (exact) mass is 652 g/mol. The van der Waals surface area contributed by atoms with E-state index in [0.717, 1.165) is 23.7 Å². The van der Waals surface area contributed by atoms with Crippen molar-refractivity contribution in [1.29, 1.82) is 0 Å². The van der Waals surface area contributed by atoms with Crippen molar-refractivity contribution in [3.8, 4) is 0 Å². The van der Waals surface area contributed by atoms with Crippen LogP contribution in [0.3, 0.4) is 0 Å². The van der Waals surface area contributed by atoms with Crippen LogP contribution < -0.4 is 0 Å². The fourth-order valence-electron chi connectivity index (χ4n) is 4.60. The van der Waals surface area contributed by atoms with Gasteiger partial charge in [-0.3, -0.25) is 4.79 Å². The standard InChI is InChI=1S/C28H53IO5Si2/c1-12-36(13-2,14-3)34-28(9)18-17-23(33-35(10,11)27(6,7)8)19-25(31)32-26(22(5)20-29)21(4)15-16-24(28)30/h15-16,20-21,23-24,26,30H,12-14,17-19H2,1-11H3/b16-15+,22-20+/t21-,23-,24-,26-,28+/m0/s1. The number of aliphatic hydroxyl groups excluding tert-OH is 1. The summed E-state index contributed by atoms with van der Waals surface area (Å²) in [4.78, 5) is 13.2. The highest BCUT2D eigenvalue weighted by Crippen LogP contribution is 2.40. The molecule has 0 bridgehead atoms. The molecule has 0 radical (unpaired) electrons. The van der Waals surface area contributed by atoms with Crippen LogP contribution in [0.2, 0.25) is 36.3 Å². The molecule has 1 aliphatic rings. The molecule has 0 aliphatic carbocycles. The van der Waals surface area contributed by atoms with Crippen molar-refractivity contribution in [3.05, 3.63) is 21.8 Å². The summed E-state index contributed by atoms with van der Waals surface area (Å²) < 4.78 is 21.7. The summed E-state index contributed by atoms with van der Waals surface area (Å²) >= 11 is 2.19. The highest BCUT2D eigenvalue weighted by molar-refractivity contribution is 14.1. The summed E-state index contributed by atoms with van der Waals surface area (Å²) in [6.45, 7) is 23.8. The lowest BCUT2D eigenvalue weighted by Gasteiger charge is -2.44. The van der Waals surface area contributed by atoms with E-state index in [9.17, 15) is 9.90 Å². The first-order valence-electron chi connectivity index (χ1n) is 13.7. The predicted octanol–water partition coefficient (Wildman–Crippen LogP) is 8.15. The Labute approximate surface area is 237 Å². The molecule has 5 nitrogen and oxygen atoms in total. The third-order valence-corrected chi connectivity index (χ3v) is 18.9. The maximum Gasteiger partial charge on any atom is 0.308 e. The van der Waals surface area contributed by atoms with Crippen LogP contribution in [0.1, 0.15) is 81.6 Å². The Balaban J connectivity index is 3.53. The average molecular weight is 653 g/mol. The van der Waals surface area contributed by atoms with E-state index >= 15 is 0 Å². The van der Waals surface area contributed by atoms with Crippen LogP contribution in [0, 0.1) is 5.92 Å². The summed E-state index contributed by atoms with van der Waals surface area (Å²) in [5.74, 6) is -0.312. The van der Waals surface area contributed by atoms with Gasteiger partial charge in [-0.2, -0.15) is 0 Å². The first kappa shape index (κ1) is 34.0. The number of carbonyl (C=O) groups is 1. The number of halogens is 1. The molecule has 0 aromatic heterocycles. The number of esters is 1. The van der Waals surface area contributed by atoms with Crippen molar-refractivity contribution in [3.63, 3.8) is 0 Å². The molecule has 36 heavy (non-hydrogen) atoms. The van der Waals surface area contributed by atoms with E-state index in [1.165, 1.54) is 0 Å². The second-order valence-electron chi connectivity index (χ2n) is 12.4. The number of rotatable bonds is 8. The van der Waals surface area contributed by atoms with Gasteiger partial charge in [-0.15, -0.1) is 0 Å². The number of hydrogen-bond acceptors (Lipinski definition) is 5. The second-order valence-corrected chi connectivity index (χ2v) is 22.4. The Bertz CT molecular complexity index is 764. The fraction of sp³-hybridized carbons (Fsp3) is 0.821. The van der Waals surface area contributed by atoms with Gasteiger partial charge < -0.3 is 18.7 Å². The van der Waals surface area contributed by atoms with Crippen molar-refractivity contribution < 1.29 is 23.5 Å². The lowest BCUT2D eigenvalue weighted by molar-refractivity contribution is -0.151. The summed E-state index contributed by atoms with van der Waals surface area (Å²) in [6.07, 6.45) is 3.87. The highest BCUT2D eigenvalue weighted by atomic mass is 127. The van der Waals surface area contributed by atoms with Crippen LogP contribution in [-0.2, 0) is 18.4 Å². The summed E-state index contributed by atoms with van der Waals surface area (Å²) in [7, 11) is -4.13. The second kappa shape index (κ2) is 13.9.